The fraction of sp³-hybridized carbons (Fsp3) is 0.222. The molecule has 1 amide bonds. The lowest BCUT2D eigenvalue weighted by atomic mass is 9.98. The second kappa shape index (κ2) is 10.7. The number of carboxylic acids is 1. The maximum atomic E-state index is 12.5. The van der Waals surface area contributed by atoms with Crippen LogP contribution in [0.3, 0.4) is 0 Å². The molecule has 1 aliphatic rings. The molecule has 0 aliphatic heterocycles. The monoisotopic (exact) mass is 459 g/mol. The zero-order valence-electron chi connectivity index (χ0n) is 18.5. The molecule has 0 radical (unpaired) electrons. The summed E-state index contributed by atoms with van der Waals surface area (Å²) in [6, 6.07) is 24.1. The largest absolute Gasteiger partial charge is 0.481 e. The van der Waals surface area contributed by atoms with Gasteiger partial charge in [0.2, 0.25) is 0 Å². The van der Waals surface area contributed by atoms with Gasteiger partial charge in [-0.2, -0.15) is 0 Å². The Hall–Kier alpha value is -4.13. The molecule has 7 nitrogen and oxygen atoms in total. The minimum atomic E-state index is -1.14. The smallest absolute Gasteiger partial charge is 0.407 e. The van der Waals surface area contributed by atoms with Gasteiger partial charge in [-0.1, -0.05) is 78.9 Å². The normalized spacial score (nSPS) is 12.8. The SMILES string of the molecule is O=C(O)CC(CC(=O)OCc1ccccc1)NC(=O)OCC1c2ccccc2-c2ccccc21. The molecule has 1 aliphatic carbocycles. The summed E-state index contributed by atoms with van der Waals surface area (Å²) in [6.07, 6.45) is -1.47. The lowest BCUT2D eigenvalue weighted by Crippen LogP contribution is -2.39. The zero-order valence-corrected chi connectivity index (χ0v) is 18.5. The first-order valence-corrected chi connectivity index (χ1v) is 11.0. The molecule has 3 aromatic rings. The Labute approximate surface area is 197 Å². The van der Waals surface area contributed by atoms with Gasteiger partial charge in [0.15, 0.2) is 0 Å². The third-order valence-corrected chi connectivity index (χ3v) is 5.74. The van der Waals surface area contributed by atoms with Crippen LogP contribution in [0.5, 0.6) is 0 Å². The number of rotatable bonds is 9. The fourth-order valence-corrected chi connectivity index (χ4v) is 4.19. The molecule has 0 aromatic heterocycles. The van der Waals surface area contributed by atoms with E-state index < -0.39 is 30.5 Å². The molecule has 4 rings (SSSR count). The number of benzene rings is 3. The Morgan fingerprint density at radius 1 is 0.794 bits per heavy atom. The third kappa shape index (κ3) is 5.61. The van der Waals surface area contributed by atoms with Gasteiger partial charge >= 0.3 is 18.0 Å². The molecule has 174 valence electrons. The summed E-state index contributed by atoms with van der Waals surface area (Å²) in [6.45, 7) is 0.169. The first kappa shape index (κ1) is 23.0. The van der Waals surface area contributed by atoms with Crippen molar-refractivity contribution in [3.63, 3.8) is 0 Å². The van der Waals surface area contributed by atoms with Crippen LogP contribution in [0, 0.1) is 0 Å². The van der Waals surface area contributed by atoms with E-state index >= 15 is 0 Å². The van der Waals surface area contributed by atoms with Crippen molar-refractivity contribution in [2.24, 2.45) is 0 Å². The number of ether oxygens (including phenoxy) is 2. The van der Waals surface area contributed by atoms with Gasteiger partial charge in [-0.05, 0) is 27.8 Å². The number of esters is 1. The number of carbonyl (C=O) groups excluding carboxylic acids is 2. The Balaban J connectivity index is 1.34. The molecule has 0 bridgehead atoms. The van der Waals surface area contributed by atoms with Gasteiger partial charge in [-0.25, -0.2) is 4.79 Å². The van der Waals surface area contributed by atoms with Crippen LogP contribution < -0.4 is 5.32 Å². The molecule has 0 fully saturated rings. The number of fused-ring (bicyclic) bond motifs is 3. The van der Waals surface area contributed by atoms with Gasteiger partial charge in [0.25, 0.3) is 0 Å². The van der Waals surface area contributed by atoms with Gasteiger partial charge in [0.05, 0.1) is 18.9 Å². The highest BCUT2D eigenvalue weighted by atomic mass is 16.5. The molecule has 7 heteroatoms. The lowest BCUT2D eigenvalue weighted by molar-refractivity contribution is -0.146. The summed E-state index contributed by atoms with van der Waals surface area (Å²) in [4.78, 5) is 36.0. The molecule has 2 N–H and O–H groups in total. The van der Waals surface area contributed by atoms with Gasteiger partial charge in [-0.15, -0.1) is 0 Å². The number of alkyl carbamates (subject to hydrolysis) is 1. The lowest BCUT2D eigenvalue weighted by Gasteiger charge is -2.18. The van der Waals surface area contributed by atoms with Crippen molar-refractivity contribution in [1.29, 1.82) is 0 Å². The topological polar surface area (TPSA) is 102 Å². The summed E-state index contributed by atoms with van der Waals surface area (Å²) in [5.41, 5.74) is 5.18. The first-order valence-electron chi connectivity index (χ1n) is 11.0. The van der Waals surface area contributed by atoms with Crippen molar-refractivity contribution in [1.82, 2.24) is 5.32 Å². The van der Waals surface area contributed by atoms with Crippen molar-refractivity contribution in [2.75, 3.05) is 6.61 Å². The highest BCUT2D eigenvalue weighted by Gasteiger charge is 2.29. The molecule has 1 atom stereocenters. The van der Waals surface area contributed by atoms with Gasteiger partial charge < -0.3 is 19.9 Å². The Kier molecular flexibility index (Phi) is 7.22. The van der Waals surface area contributed by atoms with Crippen molar-refractivity contribution >= 4 is 18.0 Å². The summed E-state index contributed by atoms with van der Waals surface area (Å²) in [5.74, 6) is -1.86. The molecular weight excluding hydrogens is 434 g/mol. The predicted molar refractivity (Wildman–Crippen MR) is 125 cm³/mol. The van der Waals surface area contributed by atoms with E-state index in [4.69, 9.17) is 9.47 Å². The molecule has 0 saturated heterocycles. The predicted octanol–water partition coefficient (Wildman–Crippen LogP) is 4.50. The number of amides is 1. The van der Waals surface area contributed by atoms with Crippen LogP contribution in [-0.4, -0.2) is 35.8 Å². The number of hydrogen-bond donors (Lipinski definition) is 2. The molecular formula is C27H25NO6. The number of carbonyl (C=O) groups is 3. The quantitative estimate of drug-likeness (QED) is 0.457. The van der Waals surface area contributed by atoms with Crippen LogP contribution in [-0.2, 0) is 25.7 Å². The van der Waals surface area contributed by atoms with Gasteiger partial charge in [0, 0.05) is 5.92 Å². The summed E-state index contributed by atoms with van der Waals surface area (Å²) >= 11 is 0. The van der Waals surface area contributed by atoms with E-state index in [9.17, 15) is 19.5 Å². The van der Waals surface area contributed by atoms with Crippen LogP contribution in [0.4, 0.5) is 4.79 Å². The van der Waals surface area contributed by atoms with E-state index in [1.165, 1.54) is 0 Å². The second-order valence-corrected chi connectivity index (χ2v) is 8.12. The number of aliphatic carboxylic acids is 1. The Morgan fingerprint density at radius 2 is 1.38 bits per heavy atom. The molecule has 0 spiro atoms. The highest BCUT2D eigenvalue weighted by Crippen LogP contribution is 2.44. The van der Waals surface area contributed by atoms with Crippen molar-refractivity contribution in [3.05, 3.63) is 95.6 Å². The second-order valence-electron chi connectivity index (χ2n) is 8.12. The maximum absolute atomic E-state index is 12.5. The van der Waals surface area contributed by atoms with Crippen molar-refractivity contribution in [3.8, 4) is 11.1 Å². The summed E-state index contributed by atoms with van der Waals surface area (Å²) < 4.78 is 10.7. The van der Waals surface area contributed by atoms with E-state index in [-0.39, 0.29) is 25.6 Å². The van der Waals surface area contributed by atoms with E-state index in [1.54, 1.807) is 0 Å². The maximum Gasteiger partial charge on any atom is 0.407 e. The summed E-state index contributed by atoms with van der Waals surface area (Å²) in [5, 5.41) is 11.7. The van der Waals surface area contributed by atoms with Crippen molar-refractivity contribution in [2.45, 2.75) is 31.4 Å². The van der Waals surface area contributed by atoms with Crippen LogP contribution in [0.2, 0.25) is 0 Å². The molecule has 34 heavy (non-hydrogen) atoms. The minimum Gasteiger partial charge on any atom is -0.481 e. The van der Waals surface area contributed by atoms with Crippen LogP contribution in [0.1, 0.15) is 35.4 Å². The van der Waals surface area contributed by atoms with Crippen LogP contribution in [0.25, 0.3) is 11.1 Å². The molecule has 0 saturated carbocycles. The average molecular weight is 459 g/mol. The van der Waals surface area contributed by atoms with E-state index in [0.29, 0.717) is 0 Å². The number of nitrogens with one attached hydrogen (secondary N) is 1. The Bertz CT molecular complexity index is 1130. The highest BCUT2D eigenvalue weighted by molar-refractivity contribution is 5.79. The first-order chi connectivity index (χ1) is 16.5. The molecule has 3 aromatic carbocycles. The van der Waals surface area contributed by atoms with E-state index in [2.05, 4.69) is 5.32 Å². The van der Waals surface area contributed by atoms with Gasteiger partial charge in [-0.3, -0.25) is 9.59 Å². The van der Waals surface area contributed by atoms with E-state index in [0.717, 1.165) is 27.8 Å². The molecule has 1 unspecified atom stereocenters. The minimum absolute atomic E-state index is 0.0738. The van der Waals surface area contributed by atoms with Crippen molar-refractivity contribution < 1.29 is 29.0 Å². The van der Waals surface area contributed by atoms with E-state index in [1.807, 2.05) is 78.9 Å². The van der Waals surface area contributed by atoms with Gasteiger partial charge in [0.1, 0.15) is 13.2 Å². The van der Waals surface area contributed by atoms with Crippen LogP contribution >= 0.6 is 0 Å². The fourth-order valence-electron chi connectivity index (χ4n) is 4.19. The standard InChI is InChI=1S/C27H25NO6/c29-25(30)14-19(15-26(31)33-16-18-8-2-1-3-9-18)28-27(32)34-17-24-22-12-6-4-10-20(22)21-11-5-7-13-23(21)24/h1-13,19,24H,14-17H2,(H,28,32)(H,29,30). The molecule has 0 heterocycles. The number of carboxylic acid groups (broad SMARTS) is 1. The third-order valence-electron chi connectivity index (χ3n) is 5.74. The average Bonchev–Trinajstić information content (AvgIpc) is 3.15. The Morgan fingerprint density at radius 3 is 2.00 bits per heavy atom. The zero-order chi connectivity index (χ0) is 23.9. The van der Waals surface area contributed by atoms with Crippen LogP contribution in [0.15, 0.2) is 78.9 Å². The summed E-state index contributed by atoms with van der Waals surface area (Å²) in [7, 11) is 0. The number of hydrogen-bond acceptors (Lipinski definition) is 5.